The number of benzene rings is 10. The maximum atomic E-state index is 2.58. The Balaban J connectivity index is 0.000000372. The number of hydrogen-bond acceptors (Lipinski definition) is 0. The van der Waals surface area contributed by atoms with E-state index in [1.807, 2.05) is 0 Å². The van der Waals surface area contributed by atoms with Gasteiger partial charge < -0.3 is 0 Å². The lowest BCUT2D eigenvalue weighted by Gasteiger charge is -2.25. The van der Waals surface area contributed by atoms with Gasteiger partial charge in [-0.25, -0.2) is 0 Å². The molecular formula is C65H56. The van der Waals surface area contributed by atoms with Gasteiger partial charge in [-0.05, 0) is 154 Å². The van der Waals surface area contributed by atoms with Gasteiger partial charge in [-0.2, -0.15) is 0 Å². The molecule has 0 fully saturated rings. The molecule has 0 heteroatoms. The van der Waals surface area contributed by atoms with Crippen LogP contribution in [0.1, 0.15) is 89.2 Å². The van der Waals surface area contributed by atoms with Gasteiger partial charge in [0, 0.05) is 10.8 Å². The lowest BCUT2D eigenvalue weighted by Crippen LogP contribution is -2.17. The minimum Gasteiger partial charge on any atom is -0.0622 e. The number of hydrogen-bond donors (Lipinski definition) is 0. The molecule has 1 unspecified atom stereocenters. The van der Waals surface area contributed by atoms with Crippen molar-refractivity contribution in [2.45, 2.75) is 70.6 Å². The van der Waals surface area contributed by atoms with Crippen LogP contribution in [0.15, 0.2) is 206 Å². The molecule has 0 amide bonds. The van der Waals surface area contributed by atoms with Crippen LogP contribution < -0.4 is 0 Å². The first-order valence-electron chi connectivity index (χ1n) is 23.5. The molecule has 0 aliphatic heterocycles. The molecule has 0 radical (unpaired) electrons. The molecule has 0 spiro atoms. The van der Waals surface area contributed by atoms with E-state index in [1.54, 1.807) is 0 Å². The predicted molar refractivity (Wildman–Crippen MR) is 278 cm³/mol. The van der Waals surface area contributed by atoms with Crippen molar-refractivity contribution in [1.82, 2.24) is 0 Å². The Morgan fingerprint density at radius 1 is 0.369 bits per heavy atom. The van der Waals surface area contributed by atoms with Gasteiger partial charge in [0.2, 0.25) is 0 Å². The molecule has 0 nitrogen and oxygen atoms in total. The second-order valence-corrected chi connectivity index (χ2v) is 19.7. The molecule has 2 aliphatic carbocycles. The Hall–Kier alpha value is -7.02. The number of fused-ring (bicyclic) bond motifs is 10. The van der Waals surface area contributed by atoms with Crippen LogP contribution in [-0.4, -0.2) is 0 Å². The third kappa shape index (κ3) is 7.17. The molecule has 0 heterocycles. The SMILES string of the molecule is CC1(C)c2cc(CC(Cc3cccc4ccccc34)c3ccccc3)ccc2-c2cc3c(cc21)-c1c(cc(Cc2ccccc2)c2ccccc12)C3(C)C.Cc1cccc2ccccc12. The van der Waals surface area contributed by atoms with E-state index < -0.39 is 0 Å². The normalized spacial score (nSPS) is 14.3. The van der Waals surface area contributed by atoms with Crippen molar-refractivity contribution in [2.75, 3.05) is 0 Å². The zero-order chi connectivity index (χ0) is 44.3. The van der Waals surface area contributed by atoms with Crippen LogP contribution in [0.2, 0.25) is 0 Å². The lowest BCUT2D eigenvalue weighted by atomic mass is 9.78. The summed E-state index contributed by atoms with van der Waals surface area (Å²) in [6, 6.07) is 76.7. The summed E-state index contributed by atoms with van der Waals surface area (Å²) in [4.78, 5) is 0. The highest BCUT2D eigenvalue weighted by Crippen LogP contribution is 2.58. The highest BCUT2D eigenvalue weighted by atomic mass is 14.5. The molecule has 10 aromatic carbocycles. The molecule has 316 valence electrons. The summed E-state index contributed by atoms with van der Waals surface area (Å²) in [5, 5.41) is 8.11. The van der Waals surface area contributed by atoms with Gasteiger partial charge in [0.15, 0.2) is 0 Å². The molecule has 65 heavy (non-hydrogen) atoms. The molecule has 12 rings (SSSR count). The lowest BCUT2D eigenvalue weighted by molar-refractivity contribution is 0.648. The van der Waals surface area contributed by atoms with Gasteiger partial charge >= 0.3 is 0 Å². The Kier molecular flexibility index (Phi) is 10.2. The van der Waals surface area contributed by atoms with Crippen molar-refractivity contribution in [3.8, 4) is 22.3 Å². The topological polar surface area (TPSA) is 0 Å². The van der Waals surface area contributed by atoms with Crippen molar-refractivity contribution in [3.63, 3.8) is 0 Å². The Morgan fingerprint density at radius 3 is 1.66 bits per heavy atom. The van der Waals surface area contributed by atoms with Crippen molar-refractivity contribution >= 4 is 32.3 Å². The van der Waals surface area contributed by atoms with E-state index in [2.05, 4.69) is 241 Å². The fraction of sp³-hybridized carbons (Fsp3) is 0.169. The summed E-state index contributed by atoms with van der Waals surface area (Å²) in [5.74, 6) is 0.378. The van der Waals surface area contributed by atoms with E-state index in [4.69, 9.17) is 0 Å². The maximum absolute atomic E-state index is 2.58. The van der Waals surface area contributed by atoms with E-state index in [9.17, 15) is 0 Å². The van der Waals surface area contributed by atoms with E-state index in [1.165, 1.54) is 110 Å². The van der Waals surface area contributed by atoms with E-state index in [-0.39, 0.29) is 10.8 Å². The Bertz CT molecular complexity index is 3390. The summed E-state index contributed by atoms with van der Waals surface area (Å²) < 4.78 is 0. The highest BCUT2D eigenvalue weighted by molar-refractivity contribution is 6.05. The smallest absolute Gasteiger partial charge is 0.0159 e. The van der Waals surface area contributed by atoms with Gasteiger partial charge in [0.05, 0.1) is 0 Å². The third-order valence-electron chi connectivity index (χ3n) is 15.0. The summed E-state index contributed by atoms with van der Waals surface area (Å²) in [7, 11) is 0. The average molecular weight is 837 g/mol. The first-order valence-corrected chi connectivity index (χ1v) is 23.5. The molecule has 0 saturated carbocycles. The number of rotatable bonds is 7. The Labute approximate surface area is 385 Å². The van der Waals surface area contributed by atoms with Crippen LogP contribution in [-0.2, 0) is 30.1 Å². The second kappa shape index (κ2) is 16.2. The fourth-order valence-corrected chi connectivity index (χ4v) is 11.5. The molecule has 10 aromatic rings. The van der Waals surface area contributed by atoms with Crippen LogP contribution in [0.3, 0.4) is 0 Å². The molecule has 0 bridgehead atoms. The van der Waals surface area contributed by atoms with Crippen molar-refractivity contribution in [1.29, 1.82) is 0 Å². The monoisotopic (exact) mass is 836 g/mol. The van der Waals surface area contributed by atoms with E-state index in [0.29, 0.717) is 5.92 Å². The molecule has 2 aliphatic rings. The molecule has 0 saturated heterocycles. The molecule has 0 N–H and O–H groups in total. The first kappa shape index (κ1) is 40.7. The minimum absolute atomic E-state index is 0.105. The van der Waals surface area contributed by atoms with Crippen molar-refractivity contribution < 1.29 is 0 Å². The van der Waals surface area contributed by atoms with Crippen LogP contribution in [0.4, 0.5) is 0 Å². The standard InChI is InChI=1S/C54H46.C11H10/c1-53(2)48-30-36(29-40(37-18-9-6-10-19-37)31-39-22-15-21-38-20-11-12-23-42(38)39)26-27-44(48)46-33-50-47(34-49(46)53)52-45-25-14-13-24-43(45)41(32-51(52)54(50,3)4)28-35-16-7-5-8-17-35;1-9-5-4-7-10-6-2-3-8-11(9)10/h5-27,30,32-34,40H,28-29,31H2,1-4H3;2-8H,1H3. The van der Waals surface area contributed by atoms with Crippen molar-refractivity contribution in [3.05, 3.63) is 262 Å². The van der Waals surface area contributed by atoms with Crippen LogP contribution in [0.25, 0.3) is 54.6 Å². The summed E-state index contributed by atoms with van der Waals surface area (Å²) in [6.07, 6.45) is 2.95. The molecule has 0 aromatic heterocycles. The molecular weight excluding hydrogens is 781 g/mol. The predicted octanol–water partition coefficient (Wildman–Crippen LogP) is 16.9. The van der Waals surface area contributed by atoms with Gasteiger partial charge in [0.1, 0.15) is 0 Å². The van der Waals surface area contributed by atoms with Gasteiger partial charge in [-0.3, -0.25) is 0 Å². The zero-order valence-corrected chi connectivity index (χ0v) is 38.3. The van der Waals surface area contributed by atoms with Crippen molar-refractivity contribution in [2.24, 2.45) is 0 Å². The van der Waals surface area contributed by atoms with Gasteiger partial charge in [0.25, 0.3) is 0 Å². The average Bonchev–Trinajstić information content (AvgIpc) is 3.70. The van der Waals surface area contributed by atoms with Crippen LogP contribution >= 0.6 is 0 Å². The zero-order valence-electron chi connectivity index (χ0n) is 38.3. The summed E-state index contributed by atoms with van der Waals surface area (Å²) >= 11 is 0. The fourth-order valence-electron chi connectivity index (χ4n) is 11.5. The quantitative estimate of drug-likeness (QED) is 0.150. The van der Waals surface area contributed by atoms with Crippen LogP contribution in [0, 0.1) is 6.92 Å². The second-order valence-electron chi connectivity index (χ2n) is 19.7. The van der Waals surface area contributed by atoms with Gasteiger partial charge in [-0.1, -0.05) is 222 Å². The largest absolute Gasteiger partial charge is 0.0622 e. The van der Waals surface area contributed by atoms with Crippen LogP contribution in [0.5, 0.6) is 0 Å². The third-order valence-corrected chi connectivity index (χ3v) is 15.0. The summed E-state index contributed by atoms with van der Waals surface area (Å²) in [5.41, 5.74) is 19.6. The van der Waals surface area contributed by atoms with E-state index >= 15 is 0 Å². The maximum Gasteiger partial charge on any atom is 0.0159 e. The Morgan fingerprint density at radius 2 is 0.923 bits per heavy atom. The highest BCUT2D eigenvalue weighted by Gasteiger charge is 2.42. The van der Waals surface area contributed by atoms with E-state index in [0.717, 1.165) is 19.3 Å². The number of aryl methyl sites for hydroxylation is 1. The van der Waals surface area contributed by atoms with Gasteiger partial charge in [-0.15, -0.1) is 0 Å². The minimum atomic E-state index is -0.108. The summed E-state index contributed by atoms with van der Waals surface area (Å²) in [6.45, 7) is 11.9. The molecule has 1 atom stereocenters. The first-order chi connectivity index (χ1) is 31.6.